The van der Waals surface area contributed by atoms with Crippen LogP contribution in [0.25, 0.3) is 0 Å². The summed E-state index contributed by atoms with van der Waals surface area (Å²) in [7, 11) is -1.98. The molecule has 140 valence electrons. The third kappa shape index (κ3) is 5.31. The number of aryl methyl sites for hydroxylation is 2. The average molecular weight is 376 g/mol. The molecule has 0 aliphatic carbocycles. The summed E-state index contributed by atoms with van der Waals surface area (Å²) in [5.41, 5.74) is 3.35. The molecule has 1 amide bonds. The Morgan fingerprint density at radius 2 is 1.65 bits per heavy atom. The Hall–Kier alpha value is -2.38. The van der Waals surface area contributed by atoms with Gasteiger partial charge in [-0.05, 0) is 42.7 Å². The van der Waals surface area contributed by atoms with Crippen LogP contribution in [0.5, 0.6) is 5.75 Å². The maximum Gasteiger partial charge on any atom is 0.239 e. The number of hydrogen-bond acceptors (Lipinski definition) is 4. The van der Waals surface area contributed by atoms with Gasteiger partial charge in [0.1, 0.15) is 5.75 Å². The van der Waals surface area contributed by atoms with E-state index in [4.69, 9.17) is 4.74 Å². The maximum absolute atomic E-state index is 12.4. The summed E-state index contributed by atoms with van der Waals surface area (Å²) in [6, 6.07) is 12.8. The molecule has 2 aromatic carbocycles. The second-order valence-corrected chi connectivity index (χ2v) is 8.18. The number of carbonyl (C=O) groups excluding carboxylic acids is 1. The van der Waals surface area contributed by atoms with E-state index in [9.17, 15) is 13.2 Å². The minimum Gasteiger partial charge on any atom is -0.497 e. The van der Waals surface area contributed by atoms with Crippen LogP contribution >= 0.6 is 0 Å². The molecule has 0 bridgehead atoms. The molecule has 0 radical (unpaired) electrons. The van der Waals surface area contributed by atoms with Gasteiger partial charge in [-0.3, -0.25) is 4.79 Å². The molecule has 0 aliphatic heterocycles. The van der Waals surface area contributed by atoms with Crippen molar-refractivity contribution in [2.24, 2.45) is 0 Å². The highest BCUT2D eigenvalue weighted by molar-refractivity contribution is 7.88. The fourth-order valence-electron chi connectivity index (χ4n) is 2.58. The molecule has 0 aromatic heterocycles. The zero-order valence-electron chi connectivity index (χ0n) is 15.4. The van der Waals surface area contributed by atoms with Crippen molar-refractivity contribution in [3.05, 3.63) is 59.2 Å². The van der Waals surface area contributed by atoms with Crippen molar-refractivity contribution >= 4 is 21.6 Å². The first-order valence-corrected chi connectivity index (χ1v) is 9.99. The van der Waals surface area contributed by atoms with Gasteiger partial charge in [-0.2, -0.15) is 4.31 Å². The topological polar surface area (TPSA) is 75.7 Å². The number of carbonyl (C=O) groups is 1. The van der Waals surface area contributed by atoms with E-state index >= 15 is 0 Å². The van der Waals surface area contributed by atoms with Gasteiger partial charge in [-0.1, -0.05) is 30.3 Å². The van der Waals surface area contributed by atoms with E-state index < -0.39 is 10.0 Å². The van der Waals surface area contributed by atoms with E-state index in [0.717, 1.165) is 32.9 Å². The Bertz CT molecular complexity index is 857. The Morgan fingerprint density at radius 3 is 2.15 bits per heavy atom. The second kappa shape index (κ2) is 8.33. The van der Waals surface area contributed by atoms with Crippen LogP contribution in [0.15, 0.2) is 42.5 Å². The summed E-state index contributed by atoms with van der Waals surface area (Å²) in [5.74, 6) is 0.314. The van der Waals surface area contributed by atoms with E-state index in [-0.39, 0.29) is 19.0 Å². The van der Waals surface area contributed by atoms with Crippen molar-refractivity contribution in [1.29, 1.82) is 0 Å². The molecule has 2 rings (SSSR count). The number of nitrogens with zero attached hydrogens (tertiary/aromatic N) is 1. The van der Waals surface area contributed by atoms with Gasteiger partial charge < -0.3 is 10.1 Å². The van der Waals surface area contributed by atoms with E-state index in [1.807, 2.05) is 32.0 Å². The zero-order valence-corrected chi connectivity index (χ0v) is 16.3. The average Bonchev–Trinajstić information content (AvgIpc) is 2.57. The largest absolute Gasteiger partial charge is 0.497 e. The van der Waals surface area contributed by atoms with Crippen molar-refractivity contribution in [1.82, 2.24) is 4.31 Å². The molecule has 0 fully saturated rings. The summed E-state index contributed by atoms with van der Waals surface area (Å²) in [6.45, 7) is 3.66. The van der Waals surface area contributed by atoms with Crippen molar-refractivity contribution in [2.75, 3.05) is 25.2 Å². The molecule has 7 heteroatoms. The van der Waals surface area contributed by atoms with Gasteiger partial charge in [0.15, 0.2) is 0 Å². The van der Waals surface area contributed by atoms with Crippen molar-refractivity contribution < 1.29 is 17.9 Å². The lowest BCUT2D eigenvalue weighted by Gasteiger charge is -2.20. The minimum atomic E-state index is -3.55. The van der Waals surface area contributed by atoms with Crippen molar-refractivity contribution in [3.63, 3.8) is 0 Å². The third-order valence-corrected chi connectivity index (χ3v) is 5.25. The fourth-order valence-corrected chi connectivity index (χ4v) is 3.31. The van der Waals surface area contributed by atoms with Gasteiger partial charge in [0, 0.05) is 12.2 Å². The Kier molecular flexibility index (Phi) is 6.39. The quantitative estimate of drug-likeness (QED) is 0.806. The van der Waals surface area contributed by atoms with Crippen LogP contribution in [0, 0.1) is 13.8 Å². The first-order chi connectivity index (χ1) is 12.2. The maximum atomic E-state index is 12.4. The third-order valence-electron chi connectivity index (χ3n) is 4.05. The lowest BCUT2D eigenvalue weighted by atomic mass is 10.1. The molecule has 26 heavy (non-hydrogen) atoms. The van der Waals surface area contributed by atoms with E-state index in [0.29, 0.717) is 5.75 Å². The number of anilines is 1. The smallest absolute Gasteiger partial charge is 0.239 e. The van der Waals surface area contributed by atoms with Crippen LogP contribution in [0.3, 0.4) is 0 Å². The van der Waals surface area contributed by atoms with Gasteiger partial charge in [0.2, 0.25) is 15.9 Å². The second-order valence-electron chi connectivity index (χ2n) is 6.19. The summed E-state index contributed by atoms with van der Waals surface area (Å²) in [5, 5.41) is 2.82. The number of hydrogen-bond donors (Lipinski definition) is 1. The number of rotatable bonds is 7. The van der Waals surface area contributed by atoms with Crippen LogP contribution in [0.4, 0.5) is 5.69 Å². The van der Waals surface area contributed by atoms with Crippen LogP contribution in [0.1, 0.15) is 16.7 Å². The fraction of sp³-hybridized carbons (Fsp3) is 0.316. The Labute approximate surface area is 154 Å². The van der Waals surface area contributed by atoms with Gasteiger partial charge in [-0.15, -0.1) is 0 Å². The molecule has 0 unspecified atom stereocenters. The summed E-state index contributed by atoms with van der Waals surface area (Å²) in [4.78, 5) is 12.4. The molecule has 0 saturated carbocycles. The van der Waals surface area contributed by atoms with Crippen molar-refractivity contribution in [2.45, 2.75) is 20.4 Å². The molecule has 1 N–H and O–H groups in total. The summed E-state index contributed by atoms with van der Waals surface area (Å²) in [6.07, 6.45) is 1.10. The summed E-state index contributed by atoms with van der Waals surface area (Å²) >= 11 is 0. The van der Waals surface area contributed by atoms with Gasteiger partial charge in [-0.25, -0.2) is 8.42 Å². The normalized spacial score (nSPS) is 11.4. The Balaban J connectivity index is 2.13. The molecule has 0 heterocycles. The van der Waals surface area contributed by atoms with Crippen LogP contribution < -0.4 is 10.1 Å². The van der Waals surface area contributed by atoms with E-state index in [2.05, 4.69) is 5.32 Å². The van der Waals surface area contributed by atoms with Crippen LogP contribution in [0.2, 0.25) is 0 Å². The lowest BCUT2D eigenvalue weighted by molar-refractivity contribution is -0.116. The number of ether oxygens (including phenoxy) is 1. The number of para-hydroxylation sites is 1. The highest BCUT2D eigenvalue weighted by Gasteiger charge is 2.21. The van der Waals surface area contributed by atoms with E-state index in [1.54, 1.807) is 31.4 Å². The molecule has 0 saturated heterocycles. The van der Waals surface area contributed by atoms with E-state index in [1.165, 1.54) is 0 Å². The number of benzene rings is 2. The molecule has 0 aliphatic rings. The predicted molar refractivity (Wildman–Crippen MR) is 103 cm³/mol. The van der Waals surface area contributed by atoms with Crippen molar-refractivity contribution in [3.8, 4) is 5.75 Å². The van der Waals surface area contributed by atoms with Gasteiger partial charge >= 0.3 is 0 Å². The highest BCUT2D eigenvalue weighted by Crippen LogP contribution is 2.20. The molecule has 6 nitrogen and oxygen atoms in total. The monoisotopic (exact) mass is 376 g/mol. The van der Waals surface area contributed by atoms with Crippen LogP contribution in [-0.2, 0) is 21.4 Å². The molecule has 2 aromatic rings. The Morgan fingerprint density at radius 1 is 1.08 bits per heavy atom. The van der Waals surface area contributed by atoms with Gasteiger partial charge in [0.25, 0.3) is 0 Å². The number of sulfonamides is 1. The van der Waals surface area contributed by atoms with Gasteiger partial charge in [0.05, 0.1) is 19.9 Å². The lowest BCUT2D eigenvalue weighted by Crippen LogP contribution is -2.37. The molecular weight excluding hydrogens is 352 g/mol. The number of methoxy groups -OCH3 is 1. The standard InChI is InChI=1S/C19H24N2O4S/c1-14-6-5-7-15(2)19(14)20-18(22)13-21(26(4,23)24)12-16-8-10-17(25-3)11-9-16/h5-11H,12-13H2,1-4H3,(H,20,22). The SMILES string of the molecule is COc1ccc(CN(CC(=O)Nc2c(C)cccc2C)S(C)(=O)=O)cc1. The number of amides is 1. The summed E-state index contributed by atoms with van der Waals surface area (Å²) < 4.78 is 30.5. The predicted octanol–water partition coefficient (Wildman–Crippen LogP) is 2.71. The first kappa shape index (κ1) is 19.9. The zero-order chi connectivity index (χ0) is 19.3. The highest BCUT2D eigenvalue weighted by atomic mass is 32.2. The van der Waals surface area contributed by atoms with Crippen LogP contribution in [-0.4, -0.2) is 38.5 Å². The molecule has 0 spiro atoms. The molecular formula is C19H24N2O4S. The first-order valence-electron chi connectivity index (χ1n) is 8.15. The molecule has 0 atom stereocenters. The number of nitrogens with one attached hydrogen (secondary N) is 1. The minimum absolute atomic E-state index is 0.114.